The van der Waals surface area contributed by atoms with Crippen LogP contribution in [0.15, 0.2) is 0 Å². The molecule has 0 atom stereocenters. The summed E-state index contributed by atoms with van der Waals surface area (Å²) in [5, 5.41) is 8.68. The second-order valence-electron chi connectivity index (χ2n) is 0.796. The fourth-order valence-corrected chi connectivity index (χ4v) is 0.110. The number of hydrogen-bond donors (Lipinski definition) is 1. The third-order valence-electron chi connectivity index (χ3n) is 0.310. The van der Waals surface area contributed by atoms with Gasteiger partial charge in [0.2, 0.25) is 0 Å². The normalized spacial score (nSPS) is 6.71. The van der Waals surface area contributed by atoms with Crippen molar-refractivity contribution in [3.05, 3.63) is 10.1 Å². The largest absolute Gasteiger partial charge is 0.235 e. The third kappa shape index (κ3) is 4.76. The minimum absolute atomic E-state index is 0.0208. The smallest absolute Gasteiger partial charge is 0.158 e. The van der Waals surface area contributed by atoms with Crippen LogP contribution in [0.1, 0.15) is 0 Å². The molecule has 4 heteroatoms. The van der Waals surface area contributed by atoms with E-state index in [9.17, 15) is 10.1 Å². The maximum atomic E-state index is 9.36. The lowest BCUT2D eigenvalue weighted by atomic mass is 10.7. The van der Waals surface area contributed by atoms with Gasteiger partial charge in [0.25, 0.3) is 0 Å². The number of nitrogens with one attached hydrogen (secondary N) is 1. The Kier molecular flexibility index (Phi) is 2.44. The topological polar surface area (TPSA) is 55.2 Å². The fourth-order valence-electron chi connectivity index (χ4n) is 0.110. The molecule has 1 N–H and O–H groups in total. The highest BCUT2D eigenvalue weighted by molar-refractivity contribution is 4.84. The van der Waals surface area contributed by atoms with Gasteiger partial charge < -0.3 is 0 Å². The predicted octanol–water partition coefficient (Wildman–Crippen LogP) is -0.599. The molecule has 4 nitrogen and oxygen atoms in total. The van der Waals surface area contributed by atoms with Crippen LogP contribution >= 0.6 is 0 Å². The molecule has 0 fully saturated rings. The molecule has 0 aromatic rings. The van der Waals surface area contributed by atoms with Gasteiger partial charge in [0, 0.05) is 0 Å². The van der Waals surface area contributed by atoms with Gasteiger partial charge in [0.1, 0.15) is 6.54 Å². The molecule has 0 heterocycles. The molecule has 0 aromatic carbocycles. The molecular weight excluding hydrogens is 96.0 g/mol. The van der Waals surface area contributed by atoms with Gasteiger partial charge in [-0.3, -0.25) is 0 Å². The Morgan fingerprint density at radius 2 is 2.57 bits per heavy atom. The summed E-state index contributed by atoms with van der Waals surface area (Å²) in [6.45, 7) is -0.0208. The maximum Gasteiger partial charge on any atom is 0.158 e. The van der Waals surface area contributed by atoms with Crippen molar-refractivity contribution >= 4 is 0 Å². The number of rotatable bonds is 2. The van der Waals surface area contributed by atoms with Gasteiger partial charge in [-0.2, -0.15) is 0 Å². The SMILES string of the molecule is C#CCN[N+](=O)[O-]. The van der Waals surface area contributed by atoms with Gasteiger partial charge >= 0.3 is 0 Å². The quantitative estimate of drug-likeness (QED) is 0.286. The highest BCUT2D eigenvalue weighted by Gasteiger charge is 1.83. The average Bonchev–Trinajstić information content (AvgIpc) is 1.61. The van der Waals surface area contributed by atoms with Crippen LogP contribution in [0, 0.1) is 22.5 Å². The number of nitro groups is 1. The van der Waals surface area contributed by atoms with Crippen molar-refractivity contribution in [1.82, 2.24) is 5.43 Å². The van der Waals surface area contributed by atoms with Crippen LogP contribution < -0.4 is 5.43 Å². The van der Waals surface area contributed by atoms with Crippen LogP contribution in [0.5, 0.6) is 0 Å². The summed E-state index contributed by atoms with van der Waals surface area (Å²) in [6, 6.07) is 0. The van der Waals surface area contributed by atoms with Gasteiger partial charge in [0.05, 0.1) is 0 Å². The maximum absolute atomic E-state index is 9.36. The molecule has 0 saturated carbocycles. The lowest BCUT2D eigenvalue weighted by Gasteiger charge is -1.83. The molecule has 0 aliphatic carbocycles. The fraction of sp³-hybridized carbons (Fsp3) is 0.333. The number of hydrazine groups is 1. The molecule has 0 aromatic heterocycles. The van der Waals surface area contributed by atoms with E-state index in [1.54, 1.807) is 5.43 Å². The second-order valence-corrected chi connectivity index (χ2v) is 0.796. The molecule has 0 amide bonds. The molecule has 0 aliphatic rings. The summed E-state index contributed by atoms with van der Waals surface area (Å²) in [6.07, 6.45) is 4.66. The zero-order valence-electron chi connectivity index (χ0n) is 3.55. The van der Waals surface area contributed by atoms with E-state index >= 15 is 0 Å². The van der Waals surface area contributed by atoms with Crippen molar-refractivity contribution in [2.45, 2.75) is 0 Å². The minimum Gasteiger partial charge on any atom is -0.235 e. The summed E-state index contributed by atoms with van der Waals surface area (Å²) in [5.41, 5.74) is 1.78. The van der Waals surface area contributed by atoms with Crippen molar-refractivity contribution in [2.24, 2.45) is 0 Å². The molecule has 0 saturated heterocycles. The molecule has 0 radical (unpaired) electrons. The van der Waals surface area contributed by atoms with Crippen LogP contribution in [-0.2, 0) is 0 Å². The van der Waals surface area contributed by atoms with Crippen molar-refractivity contribution in [2.75, 3.05) is 6.54 Å². The van der Waals surface area contributed by atoms with E-state index in [2.05, 4.69) is 6.42 Å². The zero-order chi connectivity index (χ0) is 5.70. The third-order valence-corrected chi connectivity index (χ3v) is 0.310. The Morgan fingerprint density at radius 3 is 2.71 bits per heavy atom. The lowest BCUT2D eigenvalue weighted by molar-refractivity contribution is -0.541. The predicted molar refractivity (Wildman–Crippen MR) is 23.8 cm³/mol. The van der Waals surface area contributed by atoms with Gasteiger partial charge in [-0.1, -0.05) is 5.92 Å². The monoisotopic (exact) mass is 100 g/mol. The molecule has 0 unspecified atom stereocenters. The van der Waals surface area contributed by atoms with Gasteiger partial charge in [-0.05, 0) is 0 Å². The van der Waals surface area contributed by atoms with E-state index < -0.39 is 5.03 Å². The van der Waals surface area contributed by atoms with Crippen molar-refractivity contribution in [1.29, 1.82) is 0 Å². The van der Waals surface area contributed by atoms with Crippen LogP contribution in [0.3, 0.4) is 0 Å². The molecule has 0 rings (SSSR count). The van der Waals surface area contributed by atoms with Gasteiger partial charge in [0.15, 0.2) is 5.03 Å². The Hall–Kier alpha value is -1.24. The zero-order valence-corrected chi connectivity index (χ0v) is 3.55. The van der Waals surface area contributed by atoms with Crippen LogP contribution in [-0.4, -0.2) is 11.6 Å². The van der Waals surface area contributed by atoms with Crippen LogP contribution in [0.2, 0.25) is 0 Å². The first-order valence-electron chi connectivity index (χ1n) is 1.58. The van der Waals surface area contributed by atoms with E-state index in [-0.39, 0.29) is 6.54 Å². The standard InChI is InChI=1S/C3H4N2O2/c1-2-3-4-5(6)7/h1,4H,3H2. The van der Waals surface area contributed by atoms with Crippen molar-refractivity contribution < 1.29 is 5.03 Å². The first-order valence-corrected chi connectivity index (χ1v) is 1.58. The Labute approximate surface area is 40.6 Å². The summed E-state index contributed by atoms with van der Waals surface area (Å²) in [7, 11) is 0. The Balaban J connectivity index is 3.02. The molecular formula is C3H4N2O2. The van der Waals surface area contributed by atoms with Crippen molar-refractivity contribution in [3.63, 3.8) is 0 Å². The molecule has 0 spiro atoms. The minimum atomic E-state index is -0.681. The first-order chi connectivity index (χ1) is 3.27. The molecule has 38 valence electrons. The Morgan fingerprint density at radius 1 is 2.00 bits per heavy atom. The van der Waals surface area contributed by atoms with Crippen molar-refractivity contribution in [3.8, 4) is 12.3 Å². The van der Waals surface area contributed by atoms with Gasteiger partial charge in [-0.15, -0.1) is 11.8 Å². The number of terminal acetylenes is 1. The average molecular weight is 100 g/mol. The van der Waals surface area contributed by atoms with Crippen LogP contribution in [0.25, 0.3) is 0 Å². The van der Waals surface area contributed by atoms with Crippen LogP contribution in [0.4, 0.5) is 0 Å². The summed E-state index contributed by atoms with van der Waals surface area (Å²) in [4.78, 5) is 9.36. The highest BCUT2D eigenvalue weighted by atomic mass is 16.7. The highest BCUT2D eigenvalue weighted by Crippen LogP contribution is 1.52. The number of nitrogens with zero attached hydrogens (tertiary/aromatic N) is 1. The van der Waals surface area contributed by atoms with E-state index in [0.717, 1.165) is 0 Å². The summed E-state index contributed by atoms with van der Waals surface area (Å²) >= 11 is 0. The molecule has 0 aliphatic heterocycles. The Bertz CT molecular complexity index is 104. The molecule has 0 bridgehead atoms. The lowest BCUT2D eigenvalue weighted by Crippen LogP contribution is -2.20. The summed E-state index contributed by atoms with van der Waals surface area (Å²) in [5.74, 6) is 2.05. The summed E-state index contributed by atoms with van der Waals surface area (Å²) < 4.78 is 0. The van der Waals surface area contributed by atoms with E-state index in [1.165, 1.54) is 0 Å². The van der Waals surface area contributed by atoms with Gasteiger partial charge in [-0.25, -0.2) is 10.1 Å². The molecule has 7 heavy (non-hydrogen) atoms. The number of hydrogen-bond acceptors (Lipinski definition) is 2. The second kappa shape index (κ2) is 2.97. The first kappa shape index (κ1) is 5.76. The van der Waals surface area contributed by atoms with E-state index in [1.807, 2.05) is 5.92 Å². The van der Waals surface area contributed by atoms with E-state index in [0.29, 0.717) is 0 Å². The van der Waals surface area contributed by atoms with E-state index in [4.69, 9.17) is 0 Å².